The number of fused-ring (bicyclic) bond motifs is 1. The molecule has 0 radical (unpaired) electrons. The number of hydrogen-bond acceptors (Lipinski definition) is 5. The van der Waals surface area contributed by atoms with Gasteiger partial charge in [0, 0.05) is 24.5 Å². The zero-order valence-electron chi connectivity index (χ0n) is 19.4. The molecule has 0 aliphatic heterocycles. The van der Waals surface area contributed by atoms with Crippen LogP contribution in [0, 0.1) is 0 Å². The van der Waals surface area contributed by atoms with Crippen LogP contribution < -0.4 is 15.6 Å². The van der Waals surface area contributed by atoms with E-state index in [-0.39, 0.29) is 30.3 Å². The summed E-state index contributed by atoms with van der Waals surface area (Å²) in [5.41, 5.74) is 0.690. The normalized spacial score (nSPS) is 10.8. The SMILES string of the molecule is CCCN(Cc1nc2cc(Cl)ccc2c(=O)[nH]1)C(=O)CCCNC(=O)c1ccccc1OCC. The molecule has 0 atom stereocenters. The van der Waals surface area contributed by atoms with Gasteiger partial charge in [-0.15, -0.1) is 0 Å². The van der Waals surface area contributed by atoms with Crippen LogP contribution in [-0.4, -0.2) is 46.4 Å². The Labute approximate surface area is 203 Å². The maximum atomic E-state index is 12.8. The molecule has 0 spiro atoms. The Morgan fingerprint density at radius 1 is 1.18 bits per heavy atom. The van der Waals surface area contributed by atoms with E-state index in [9.17, 15) is 14.4 Å². The highest BCUT2D eigenvalue weighted by molar-refractivity contribution is 6.31. The van der Waals surface area contributed by atoms with E-state index in [1.807, 2.05) is 19.9 Å². The van der Waals surface area contributed by atoms with Gasteiger partial charge in [0.2, 0.25) is 5.91 Å². The Balaban J connectivity index is 1.58. The molecular weight excluding hydrogens is 456 g/mol. The molecule has 0 bridgehead atoms. The lowest BCUT2D eigenvalue weighted by Gasteiger charge is -2.22. The van der Waals surface area contributed by atoms with Crippen molar-refractivity contribution in [3.05, 3.63) is 69.2 Å². The van der Waals surface area contributed by atoms with E-state index in [0.717, 1.165) is 6.42 Å². The molecule has 2 N–H and O–H groups in total. The summed E-state index contributed by atoms with van der Waals surface area (Å²) >= 11 is 6.03. The average Bonchev–Trinajstić information content (AvgIpc) is 2.81. The Bertz CT molecular complexity index is 1210. The van der Waals surface area contributed by atoms with Gasteiger partial charge in [-0.1, -0.05) is 30.7 Å². The summed E-state index contributed by atoms with van der Waals surface area (Å²) in [5, 5.41) is 3.78. The second kappa shape index (κ2) is 12.2. The first-order chi connectivity index (χ1) is 16.4. The Morgan fingerprint density at radius 2 is 1.97 bits per heavy atom. The van der Waals surface area contributed by atoms with Crippen LogP contribution in [0.3, 0.4) is 0 Å². The number of amides is 2. The summed E-state index contributed by atoms with van der Waals surface area (Å²) in [6.45, 7) is 5.39. The summed E-state index contributed by atoms with van der Waals surface area (Å²) in [6, 6.07) is 12.0. The zero-order valence-corrected chi connectivity index (χ0v) is 20.2. The smallest absolute Gasteiger partial charge is 0.258 e. The van der Waals surface area contributed by atoms with Gasteiger partial charge < -0.3 is 19.9 Å². The molecule has 2 aromatic carbocycles. The third kappa shape index (κ3) is 6.57. The van der Waals surface area contributed by atoms with Crippen molar-refractivity contribution in [3.8, 4) is 5.75 Å². The first kappa shape index (κ1) is 25.2. The number of ether oxygens (including phenoxy) is 1. The number of carbonyl (C=O) groups excluding carboxylic acids is 2. The molecule has 3 rings (SSSR count). The van der Waals surface area contributed by atoms with Crippen LogP contribution in [-0.2, 0) is 11.3 Å². The maximum Gasteiger partial charge on any atom is 0.258 e. The quantitative estimate of drug-likeness (QED) is 0.401. The highest BCUT2D eigenvalue weighted by Crippen LogP contribution is 2.18. The minimum atomic E-state index is -0.268. The molecule has 0 saturated heterocycles. The van der Waals surface area contributed by atoms with Gasteiger partial charge in [0.05, 0.1) is 29.6 Å². The van der Waals surface area contributed by atoms with Gasteiger partial charge in [0.1, 0.15) is 11.6 Å². The lowest BCUT2D eigenvalue weighted by Crippen LogP contribution is -2.33. The third-order valence-corrected chi connectivity index (χ3v) is 5.42. The van der Waals surface area contributed by atoms with Crippen molar-refractivity contribution in [2.24, 2.45) is 0 Å². The van der Waals surface area contributed by atoms with Crippen molar-refractivity contribution in [2.45, 2.75) is 39.7 Å². The lowest BCUT2D eigenvalue weighted by atomic mass is 10.2. The van der Waals surface area contributed by atoms with Gasteiger partial charge in [-0.05, 0) is 50.1 Å². The molecule has 0 aliphatic rings. The maximum absolute atomic E-state index is 12.8. The van der Waals surface area contributed by atoms with Crippen molar-refractivity contribution in [1.29, 1.82) is 0 Å². The van der Waals surface area contributed by atoms with E-state index < -0.39 is 0 Å². The number of rotatable bonds is 11. The van der Waals surface area contributed by atoms with Crippen LogP contribution in [0.25, 0.3) is 10.9 Å². The van der Waals surface area contributed by atoms with Crippen LogP contribution in [0.5, 0.6) is 5.75 Å². The molecule has 0 aliphatic carbocycles. The minimum absolute atomic E-state index is 0.0698. The van der Waals surface area contributed by atoms with Gasteiger partial charge in [0.15, 0.2) is 0 Å². The topological polar surface area (TPSA) is 104 Å². The van der Waals surface area contributed by atoms with E-state index in [1.165, 1.54) is 0 Å². The van der Waals surface area contributed by atoms with Gasteiger partial charge in [0.25, 0.3) is 11.5 Å². The highest BCUT2D eigenvalue weighted by Gasteiger charge is 2.16. The zero-order chi connectivity index (χ0) is 24.5. The van der Waals surface area contributed by atoms with Crippen molar-refractivity contribution in [2.75, 3.05) is 19.7 Å². The van der Waals surface area contributed by atoms with Crippen LogP contribution in [0.1, 0.15) is 49.3 Å². The second-order valence-corrected chi connectivity index (χ2v) is 8.21. The molecule has 1 aromatic heterocycles. The van der Waals surface area contributed by atoms with Gasteiger partial charge in [-0.3, -0.25) is 14.4 Å². The van der Waals surface area contributed by atoms with E-state index >= 15 is 0 Å². The standard InChI is InChI=1S/C25H29ClN4O4/c1-3-14-30(16-22-28-20-15-17(26)11-12-18(20)25(33)29-22)23(31)10-7-13-27-24(32)19-8-5-6-9-21(19)34-4-2/h5-6,8-9,11-12,15H,3-4,7,10,13-14,16H2,1-2H3,(H,27,32)(H,28,29,33). The fraction of sp³-hybridized carbons (Fsp3) is 0.360. The number of aromatic amines is 1. The molecule has 180 valence electrons. The average molecular weight is 485 g/mol. The van der Waals surface area contributed by atoms with Crippen LogP contribution in [0.2, 0.25) is 5.02 Å². The summed E-state index contributed by atoms with van der Waals surface area (Å²) in [5.74, 6) is 0.631. The molecule has 1 heterocycles. The van der Waals surface area contributed by atoms with Gasteiger partial charge in [-0.25, -0.2) is 4.98 Å². The van der Waals surface area contributed by atoms with E-state index in [0.29, 0.717) is 59.2 Å². The van der Waals surface area contributed by atoms with Crippen LogP contribution in [0.4, 0.5) is 0 Å². The number of carbonyl (C=O) groups is 2. The molecule has 34 heavy (non-hydrogen) atoms. The number of hydrogen-bond donors (Lipinski definition) is 2. The van der Waals surface area contributed by atoms with E-state index in [2.05, 4.69) is 15.3 Å². The molecule has 8 nitrogen and oxygen atoms in total. The largest absolute Gasteiger partial charge is 0.493 e. The fourth-order valence-electron chi connectivity index (χ4n) is 3.61. The number of aromatic nitrogens is 2. The number of nitrogens with one attached hydrogen (secondary N) is 2. The molecule has 0 unspecified atom stereocenters. The van der Waals surface area contributed by atoms with Crippen molar-refractivity contribution in [3.63, 3.8) is 0 Å². The molecule has 9 heteroatoms. The minimum Gasteiger partial charge on any atom is -0.493 e. The molecule has 0 fully saturated rings. The monoisotopic (exact) mass is 484 g/mol. The van der Waals surface area contributed by atoms with Crippen LogP contribution >= 0.6 is 11.6 Å². The summed E-state index contributed by atoms with van der Waals surface area (Å²) in [4.78, 5) is 46.6. The summed E-state index contributed by atoms with van der Waals surface area (Å²) < 4.78 is 5.50. The van der Waals surface area contributed by atoms with Crippen molar-refractivity contribution < 1.29 is 14.3 Å². The summed E-state index contributed by atoms with van der Waals surface area (Å²) in [7, 11) is 0. The predicted octanol–water partition coefficient (Wildman–Crippen LogP) is 3.92. The van der Waals surface area contributed by atoms with Gasteiger partial charge >= 0.3 is 0 Å². The molecule has 0 saturated carbocycles. The Hall–Kier alpha value is -3.39. The first-order valence-corrected chi connectivity index (χ1v) is 11.8. The Morgan fingerprint density at radius 3 is 2.74 bits per heavy atom. The molecule has 3 aromatic rings. The number of para-hydroxylation sites is 1. The van der Waals surface area contributed by atoms with E-state index in [1.54, 1.807) is 41.3 Å². The third-order valence-electron chi connectivity index (χ3n) is 5.19. The van der Waals surface area contributed by atoms with Gasteiger partial charge in [-0.2, -0.15) is 0 Å². The van der Waals surface area contributed by atoms with E-state index in [4.69, 9.17) is 16.3 Å². The lowest BCUT2D eigenvalue weighted by molar-refractivity contribution is -0.132. The number of benzene rings is 2. The first-order valence-electron chi connectivity index (χ1n) is 11.4. The highest BCUT2D eigenvalue weighted by atomic mass is 35.5. The number of halogens is 1. The molecule has 2 amide bonds. The Kier molecular flexibility index (Phi) is 9.04. The molecular formula is C25H29ClN4O4. The van der Waals surface area contributed by atoms with Crippen molar-refractivity contribution in [1.82, 2.24) is 20.2 Å². The number of nitrogens with zero attached hydrogens (tertiary/aromatic N) is 2. The van der Waals surface area contributed by atoms with Crippen molar-refractivity contribution >= 4 is 34.3 Å². The van der Waals surface area contributed by atoms with Crippen LogP contribution in [0.15, 0.2) is 47.3 Å². The summed E-state index contributed by atoms with van der Waals surface area (Å²) in [6.07, 6.45) is 1.51. The second-order valence-electron chi connectivity index (χ2n) is 7.78. The number of H-pyrrole nitrogens is 1. The fourth-order valence-corrected chi connectivity index (χ4v) is 3.78. The predicted molar refractivity (Wildman–Crippen MR) is 132 cm³/mol.